The third-order valence-corrected chi connectivity index (χ3v) is 6.86. The van der Waals surface area contributed by atoms with Gasteiger partial charge in [-0.25, -0.2) is 4.79 Å². The van der Waals surface area contributed by atoms with Gasteiger partial charge in [0.25, 0.3) is 0 Å². The molecule has 0 saturated carbocycles. The Bertz CT molecular complexity index is 1980. The second kappa shape index (κ2) is 11.4. The number of hydrogen-bond acceptors (Lipinski definition) is 9. The number of nitroso groups, excluding NO2 is 1. The highest BCUT2D eigenvalue weighted by Crippen LogP contribution is 2.31. The van der Waals surface area contributed by atoms with E-state index in [0.717, 1.165) is 33.3 Å². The second-order valence-electron chi connectivity index (χ2n) is 9.44. The van der Waals surface area contributed by atoms with E-state index in [2.05, 4.69) is 20.4 Å². The van der Waals surface area contributed by atoms with Gasteiger partial charge in [0.05, 0.1) is 23.9 Å². The molecule has 0 radical (unpaired) electrons. The number of hydrogen-bond donors (Lipinski definition) is 0. The van der Waals surface area contributed by atoms with Gasteiger partial charge in [0.2, 0.25) is 0 Å². The van der Waals surface area contributed by atoms with Crippen LogP contribution in [0.4, 0.5) is 0 Å². The lowest BCUT2D eigenvalue weighted by Crippen LogP contribution is -2.05. The maximum absolute atomic E-state index is 12.0. The molecule has 3 heterocycles. The van der Waals surface area contributed by atoms with Crippen LogP contribution in [0.3, 0.4) is 0 Å². The smallest absolute Gasteiger partial charge is 0.335 e. The molecule has 0 fully saturated rings. The number of rotatable bonds is 8. The number of ether oxygens (including phenoxy) is 2. The van der Waals surface area contributed by atoms with Crippen LogP contribution in [-0.4, -0.2) is 37.9 Å². The van der Waals surface area contributed by atoms with Crippen molar-refractivity contribution in [1.82, 2.24) is 24.8 Å². The van der Waals surface area contributed by atoms with E-state index in [9.17, 15) is 9.70 Å². The number of aromatic nitrogens is 5. The SMILES string of the molecule is COC(=O)/C(C)=C(/N=O)c1cccc(-c2ccc3c(OCc4nnc5ccc(-c6ccccc6)nn45)ccnc3c2)c1. The van der Waals surface area contributed by atoms with Gasteiger partial charge in [0.15, 0.2) is 11.5 Å². The Balaban J connectivity index is 1.28. The van der Waals surface area contributed by atoms with Crippen molar-refractivity contribution in [1.29, 1.82) is 0 Å². The van der Waals surface area contributed by atoms with E-state index in [1.54, 1.807) is 35.0 Å². The predicted molar refractivity (Wildman–Crippen MR) is 158 cm³/mol. The van der Waals surface area contributed by atoms with E-state index >= 15 is 0 Å². The summed E-state index contributed by atoms with van der Waals surface area (Å²) in [5.74, 6) is 0.598. The fourth-order valence-corrected chi connectivity index (χ4v) is 4.69. The zero-order chi connectivity index (χ0) is 29.1. The van der Waals surface area contributed by atoms with Gasteiger partial charge in [-0.15, -0.1) is 15.1 Å². The first-order valence-corrected chi connectivity index (χ1v) is 13.1. The summed E-state index contributed by atoms with van der Waals surface area (Å²) in [6.45, 7) is 1.67. The molecule has 206 valence electrons. The van der Waals surface area contributed by atoms with Gasteiger partial charge in [0, 0.05) is 22.7 Å². The van der Waals surface area contributed by atoms with E-state index in [-0.39, 0.29) is 17.9 Å². The van der Waals surface area contributed by atoms with Gasteiger partial charge in [-0.3, -0.25) is 4.98 Å². The van der Waals surface area contributed by atoms with Gasteiger partial charge >= 0.3 is 5.97 Å². The van der Waals surface area contributed by atoms with Gasteiger partial charge in [-0.2, -0.15) is 9.61 Å². The Morgan fingerprint density at radius 1 is 0.881 bits per heavy atom. The Hall–Kier alpha value is -5.77. The molecule has 42 heavy (non-hydrogen) atoms. The average Bonchev–Trinajstić information content (AvgIpc) is 3.46. The third kappa shape index (κ3) is 5.08. The lowest BCUT2D eigenvalue weighted by atomic mass is 9.99. The number of carbonyl (C=O) groups is 1. The summed E-state index contributed by atoms with van der Waals surface area (Å²) < 4.78 is 12.6. The molecule has 6 aromatic rings. The zero-order valence-corrected chi connectivity index (χ0v) is 22.8. The van der Waals surface area contributed by atoms with E-state index in [1.807, 2.05) is 66.7 Å². The van der Waals surface area contributed by atoms with Crippen LogP contribution in [0.25, 0.3) is 44.6 Å². The van der Waals surface area contributed by atoms with E-state index in [1.165, 1.54) is 14.0 Å². The molecule has 0 aliphatic carbocycles. The molecular formula is C32H24N6O4. The van der Waals surface area contributed by atoms with E-state index in [0.29, 0.717) is 22.8 Å². The zero-order valence-electron chi connectivity index (χ0n) is 22.8. The van der Waals surface area contributed by atoms with Crippen LogP contribution in [0.1, 0.15) is 18.3 Å². The summed E-state index contributed by atoms with van der Waals surface area (Å²) in [6.07, 6.45) is 1.68. The van der Waals surface area contributed by atoms with Crippen LogP contribution in [0, 0.1) is 4.91 Å². The Labute approximate surface area is 240 Å². The van der Waals surface area contributed by atoms with Crippen molar-refractivity contribution in [3.8, 4) is 28.1 Å². The summed E-state index contributed by atoms with van der Waals surface area (Å²) >= 11 is 0. The average molecular weight is 557 g/mol. The van der Waals surface area contributed by atoms with Crippen molar-refractivity contribution in [3.05, 3.63) is 119 Å². The first-order chi connectivity index (χ1) is 20.6. The predicted octanol–water partition coefficient (Wildman–Crippen LogP) is 6.26. The number of benzene rings is 3. The quantitative estimate of drug-likeness (QED) is 0.122. The molecule has 10 heteroatoms. The van der Waals surface area contributed by atoms with Gasteiger partial charge in [-0.05, 0) is 59.6 Å². The Morgan fingerprint density at radius 3 is 2.50 bits per heavy atom. The van der Waals surface area contributed by atoms with Crippen molar-refractivity contribution in [2.75, 3.05) is 7.11 Å². The van der Waals surface area contributed by atoms with Crippen LogP contribution in [0.15, 0.2) is 108 Å². The lowest BCUT2D eigenvalue weighted by molar-refractivity contribution is -0.135. The highest BCUT2D eigenvalue weighted by molar-refractivity contribution is 5.97. The third-order valence-electron chi connectivity index (χ3n) is 6.86. The molecule has 0 aliphatic heterocycles. The largest absolute Gasteiger partial charge is 0.485 e. The summed E-state index contributed by atoms with van der Waals surface area (Å²) in [6, 6.07) is 28.6. The summed E-state index contributed by atoms with van der Waals surface area (Å²) in [5, 5.41) is 17.1. The molecule has 0 spiro atoms. The number of nitrogens with zero attached hydrogens (tertiary/aromatic N) is 6. The second-order valence-corrected chi connectivity index (χ2v) is 9.44. The van der Waals surface area contributed by atoms with Crippen molar-refractivity contribution >= 4 is 28.2 Å². The minimum absolute atomic E-state index is 0.0321. The van der Waals surface area contributed by atoms with Crippen molar-refractivity contribution < 1.29 is 14.3 Å². The number of fused-ring (bicyclic) bond motifs is 2. The van der Waals surface area contributed by atoms with E-state index in [4.69, 9.17) is 14.6 Å². The minimum Gasteiger partial charge on any atom is -0.485 e. The van der Waals surface area contributed by atoms with Gasteiger partial charge < -0.3 is 9.47 Å². The van der Waals surface area contributed by atoms with Crippen molar-refractivity contribution in [2.45, 2.75) is 13.5 Å². The fraction of sp³-hybridized carbons (Fsp3) is 0.0938. The fourth-order valence-electron chi connectivity index (χ4n) is 4.69. The lowest BCUT2D eigenvalue weighted by Gasteiger charge is -2.11. The van der Waals surface area contributed by atoms with Crippen LogP contribution in [-0.2, 0) is 16.1 Å². The van der Waals surface area contributed by atoms with Crippen LogP contribution in [0.5, 0.6) is 5.75 Å². The highest BCUT2D eigenvalue weighted by Gasteiger charge is 2.16. The normalized spacial score (nSPS) is 11.8. The summed E-state index contributed by atoms with van der Waals surface area (Å²) in [7, 11) is 1.26. The molecular weight excluding hydrogens is 532 g/mol. The van der Waals surface area contributed by atoms with Crippen LogP contribution < -0.4 is 4.74 Å². The Kier molecular flexibility index (Phi) is 7.17. The molecule has 3 aromatic carbocycles. The van der Waals surface area contributed by atoms with Crippen LogP contribution in [0.2, 0.25) is 0 Å². The van der Waals surface area contributed by atoms with Crippen LogP contribution >= 0.6 is 0 Å². The highest BCUT2D eigenvalue weighted by atomic mass is 16.5. The Morgan fingerprint density at radius 2 is 1.69 bits per heavy atom. The summed E-state index contributed by atoms with van der Waals surface area (Å²) in [4.78, 5) is 28.1. The molecule has 3 aromatic heterocycles. The van der Waals surface area contributed by atoms with Crippen molar-refractivity contribution in [3.63, 3.8) is 0 Å². The van der Waals surface area contributed by atoms with Crippen molar-refractivity contribution in [2.24, 2.45) is 5.18 Å². The molecule has 0 N–H and O–H groups in total. The molecule has 0 aliphatic rings. The number of carbonyl (C=O) groups excluding carboxylic acids is 1. The molecule has 0 saturated heterocycles. The minimum atomic E-state index is -0.607. The number of esters is 1. The first-order valence-electron chi connectivity index (χ1n) is 13.1. The molecule has 6 rings (SSSR count). The molecule has 0 atom stereocenters. The molecule has 0 bridgehead atoms. The number of pyridine rings is 1. The molecule has 0 amide bonds. The summed E-state index contributed by atoms with van der Waals surface area (Å²) in [5.41, 5.74) is 5.54. The monoisotopic (exact) mass is 556 g/mol. The maximum atomic E-state index is 12.0. The van der Waals surface area contributed by atoms with Gasteiger partial charge in [0.1, 0.15) is 18.1 Å². The first kappa shape index (κ1) is 26.5. The molecule has 0 unspecified atom stereocenters. The topological polar surface area (TPSA) is 121 Å². The standard InChI is InChI=1S/C32H24N6O4/c1-20(32(39)41-2)31(37-40)24-10-6-9-22(17-24)23-11-12-25-27(18-23)33-16-15-28(25)42-19-30-35-34-29-14-13-26(36-38(29)30)21-7-4-3-5-8-21/h3-18H,19H2,1-2H3/b31-20+. The number of methoxy groups -OCH3 is 1. The van der Waals surface area contributed by atoms with Gasteiger partial charge in [-0.1, -0.05) is 54.6 Å². The van der Waals surface area contributed by atoms with E-state index < -0.39 is 5.97 Å². The molecule has 10 nitrogen and oxygen atoms in total. The maximum Gasteiger partial charge on any atom is 0.335 e.